The molecule has 0 aromatic carbocycles. The molecule has 0 aromatic heterocycles. The molecule has 5 heteroatoms. The zero-order chi connectivity index (χ0) is 8.15. The summed E-state index contributed by atoms with van der Waals surface area (Å²) in [6.45, 7) is 1.69. The summed E-state index contributed by atoms with van der Waals surface area (Å²) in [7, 11) is 0. The zero-order valence-electron chi connectivity index (χ0n) is 6.33. The van der Waals surface area contributed by atoms with Crippen LogP contribution in [-0.4, -0.2) is 49.7 Å². The fourth-order valence-corrected chi connectivity index (χ4v) is 0.621. The van der Waals surface area contributed by atoms with E-state index in [1.807, 2.05) is 0 Å². The molecular weight excluding hydrogens is 176 g/mol. The first-order chi connectivity index (χ1) is 4.59. The molecule has 0 N–H and O–H groups in total. The van der Waals surface area contributed by atoms with Crippen LogP contribution in [0.2, 0.25) is 0 Å². The SMILES string of the molecule is CCCC(C(=O)[O-])C(=O)[O-].[Ca+2]. The van der Waals surface area contributed by atoms with Crippen LogP contribution in [0.25, 0.3) is 0 Å². The molecule has 0 amide bonds. The second-order valence-electron chi connectivity index (χ2n) is 1.98. The van der Waals surface area contributed by atoms with E-state index in [1.54, 1.807) is 6.92 Å². The predicted octanol–water partition coefficient (Wildman–Crippen LogP) is -2.48. The Kier molecular flexibility index (Phi) is 8.61. The Labute approximate surface area is 94.6 Å². The number of carbonyl (C=O) groups excluding carboxylic acids is 2. The summed E-state index contributed by atoms with van der Waals surface area (Å²) in [5, 5.41) is 20.0. The molecule has 4 nitrogen and oxygen atoms in total. The summed E-state index contributed by atoms with van der Waals surface area (Å²) in [4.78, 5) is 20.0. The molecule has 0 spiro atoms. The molecule has 0 aromatic rings. The van der Waals surface area contributed by atoms with E-state index in [4.69, 9.17) is 0 Å². The molecule has 0 saturated carbocycles. The van der Waals surface area contributed by atoms with Gasteiger partial charge >= 0.3 is 37.7 Å². The van der Waals surface area contributed by atoms with E-state index in [0.717, 1.165) is 0 Å². The van der Waals surface area contributed by atoms with E-state index < -0.39 is 17.9 Å². The van der Waals surface area contributed by atoms with Crippen molar-refractivity contribution >= 4 is 49.7 Å². The summed E-state index contributed by atoms with van der Waals surface area (Å²) < 4.78 is 0. The quantitative estimate of drug-likeness (QED) is 0.358. The van der Waals surface area contributed by atoms with Crippen LogP contribution in [0.1, 0.15) is 19.8 Å². The molecule has 0 atom stereocenters. The van der Waals surface area contributed by atoms with Gasteiger partial charge in [0.15, 0.2) is 0 Å². The van der Waals surface area contributed by atoms with Gasteiger partial charge in [-0.3, -0.25) is 0 Å². The van der Waals surface area contributed by atoms with Gasteiger partial charge in [-0.1, -0.05) is 13.3 Å². The summed E-state index contributed by atoms with van der Waals surface area (Å²) in [6, 6.07) is 0. The molecule has 0 saturated heterocycles. The number of rotatable bonds is 4. The maximum absolute atomic E-state index is 10.00. The van der Waals surface area contributed by atoms with Crippen molar-refractivity contribution in [3.8, 4) is 0 Å². The Morgan fingerprint density at radius 1 is 1.27 bits per heavy atom. The third kappa shape index (κ3) is 5.47. The van der Waals surface area contributed by atoms with Crippen molar-refractivity contribution in [1.82, 2.24) is 0 Å². The molecule has 58 valence electrons. The first-order valence-corrected chi connectivity index (χ1v) is 3.01. The van der Waals surface area contributed by atoms with Crippen molar-refractivity contribution in [1.29, 1.82) is 0 Å². The van der Waals surface area contributed by atoms with E-state index in [-0.39, 0.29) is 44.2 Å². The predicted molar refractivity (Wildman–Crippen MR) is 34.2 cm³/mol. The first kappa shape index (κ1) is 13.8. The topological polar surface area (TPSA) is 80.3 Å². The van der Waals surface area contributed by atoms with Crippen LogP contribution in [0, 0.1) is 5.92 Å². The molecule has 0 radical (unpaired) electrons. The third-order valence-corrected chi connectivity index (χ3v) is 1.15. The van der Waals surface area contributed by atoms with Crippen LogP contribution in [0.3, 0.4) is 0 Å². The number of carbonyl (C=O) groups is 2. The van der Waals surface area contributed by atoms with Gasteiger partial charge in [-0.2, -0.15) is 0 Å². The molecule has 11 heavy (non-hydrogen) atoms. The Morgan fingerprint density at radius 2 is 1.64 bits per heavy atom. The number of hydrogen-bond donors (Lipinski definition) is 0. The van der Waals surface area contributed by atoms with Crippen LogP contribution in [-0.2, 0) is 9.59 Å². The van der Waals surface area contributed by atoms with Crippen LogP contribution in [0.5, 0.6) is 0 Å². The van der Waals surface area contributed by atoms with Crippen molar-refractivity contribution in [2.45, 2.75) is 19.8 Å². The van der Waals surface area contributed by atoms with Crippen LogP contribution in [0.4, 0.5) is 0 Å². The fourth-order valence-electron chi connectivity index (χ4n) is 0.621. The monoisotopic (exact) mass is 184 g/mol. The van der Waals surface area contributed by atoms with Gasteiger partial charge in [0.2, 0.25) is 0 Å². The van der Waals surface area contributed by atoms with Gasteiger partial charge in [0, 0.05) is 5.92 Å². The Hall–Kier alpha value is 0.200. The van der Waals surface area contributed by atoms with Gasteiger partial charge in [0.05, 0.1) is 11.9 Å². The van der Waals surface area contributed by atoms with Gasteiger partial charge in [-0.05, 0) is 6.42 Å². The zero-order valence-corrected chi connectivity index (χ0v) is 8.54. The second-order valence-corrected chi connectivity index (χ2v) is 1.98. The molecule has 0 aliphatic heterocycles. The molecule has 0 aliphatic rings. The molecule has 0 rings (SSSR count). The molecule has 0 bridgehead atoms. The van der Waals surface area contributed by atoms with E-state index >= 15 is 0 Å². The van der Waals surface area contributed by atoms with Gasteiger partial charge in [0.1, 0.15) is 0 Å². The van der Waals surface area contributed by atoms with Crippen molar-refractivity contribution in [2.24, 2.45) is 5.92 Å². The minimum absolute atomic E-state index is 0. The summed E-state index contributed by atoms with van der Waals surface area (Å²) in [6.07, 6.45) is 0.567. The maximum Gasteiger partial charge on any atom is 2.00 e. The normalized spacial score (nSPS) is 8.91. The first-order valence-electron chi connectivity index (χ1n) is 3.01. The van der Waals surface area contributed by atoms with Gasteiger partial charge < -0.3 is 19.8 Å². The van der Waals surface area contributed by atoms with E-state index in [9.17, 15) is 19.8 Å². The molecular formula is C6H8CaO4. The molecule has 0 aliphatic carbocycles. The molecule has 0 unspecified atom stereocenters. The van der Waals surface area contributed by atoms with Crippen LogP contribution < -0.4 is 10.2 Å². The maximum atomic E-state index is 10.00. The number of carboxylic acids is 2. The Morgan fingerprint density at radius 3 is 1.73 bits per heavy atom. The van der Waals surface area contributed by atoms with E-state index in [2.05, 4.69) is 0 Å². The van der Waals surface area contributed by atoms with Crippen molar-refractivity contribution in [3.05, 3.63) is 0 Å². The molecule has 0 heterocycles. The van der Waals surface area contributed by atoms with Gasteiger partial charge in [-0.25, -0.2) is 0 Å². The third-order valence-electron chi connectivity index (χ3n) is 1.15. The van der Waals surface area contributed by atoms with E-state index in [1.165, 1.54) is 0 Å². The minimum Gasteiger partial charge on any atom is -0.549 e. The average molecular weight is 184 g/mol. The second kappa shape index (κ2) is 6.88. The number of hydrogen-bond acceptors (Lipinski definition) is 4. The summed E-state index contributed by atoms with van der Waals surface area (Å²) >= 11 is 0. The Bertz CT molecular complexity index is 132. The largest absolute Gasteiger partial charge is 2.00 e. The number of aliphatic carboxylic acids is 2. The fraction of sp³-hybridized carbons (Fsp3) is 0.667. The average Bonchev–Trinajstić information content (AvgIpc) is 1.81. The van der Waals surface area contributed by atoms with Crippen molar-refractivity contribution < 1.29 is 19.8 Å². The molecule has 0 fully saturated rings. The Balaban J connectivity index is 0. The number of carboxylic acid groups (broad SMARTS) is 2. The van der Waals surface area contributed by atoms with Crippen LogP contribution >= 0.6 is 0 Å². The van der Waals surface area contributed by atoms with Crippen molar-refractivity contribution in [2.75, 3.05) is 0 Å². The van der Waals surface area contributed by atoms with Crippen molar-refractivity contribution in [3.63, 3.8) is 0 Å². The van der Waals surface area contributed by atoms with E-state index in [0.29, 0.717) is 6.42 Å². The standard InChI is InChI=1S/C6H10O4.Ca/c1-2-3-4(5(7)8)6(9)10;/h4H,2-3H2,1H3,(H,7,8)(H,9,10);/q;+2/p-2. The van der Waals surface area contributed by atoms with Crippen LogP contribution in [0.15, 0.2) is 0 Å². The summed E-state index contributed by atoms with van der Waals surface area (Å²) in [5.74, 6) is -4.59. The van der Waals surface area contributed by atoms with Gasteiger partial charge in [-0.15, -0.1) is 0 Å². The smallest absolute Gasteiger partial charge is 0.549 e. The summed E-state index contributed by atoms with van der Waals surface area (Å²) in [5.41, 5.74) is 0. The van der Waals surface area contributed by atoms with Gasteiger partial charge in [0.25, 0.3) is 0 Å². The minimum atomic E-state index is -1.57.